The molecule has 8 aromatic carbocycles. The van der Waals surface area contributed by atoms with E-state index < -0.39 is 0 Å². The van der Waals surface area contributed by atoms with Crippen LogP contribution in [0.2, 0.25) is 0 Å². The number of imidazole rings is 1. The molecule has 0 radical (unpaired) electrons. The van der Waals surface area contributed by atoms with E-state index >= 15 is 0 Å². The van der Waals surface area contributed by atoms with Gasteiger partial charge in [0.1, 0.15) is 22.7 Å². The first-order valence-electron chi connectivity index (χ1n) is 21.3. The molecule has 11 rings (SSSR count). The predicted octanol–water partition coefficient (Wildman–Crippen LogP) is 15.1. The Morgan fingerprint density at radius 1 is 0.531 bits per heavy atom. The maximum atomic E-state index is 12.0. The summed E-state index contributed by atoms with van der Waals surface area (Å²) < 4.78 is 8.55. The molecule has 0 aliphatic heterocycles. The number of furan rings is 1. The Morgan fingerprint density at radius 3 is 1.94 bits per heavy atom. The summed E-state index contributed by atoms with van der Waals surface area (Å²) in [5.74, 6) is 0.717. The number of phenolic OH excluding ortho intramolecular Hbond substituents is 1. The van der Waals surface area contributed by atoms with E-state index in [1.807, 2.05) is 48.7 Å². The molecule has 1 N–H and O–H groups in total. The Hall–Kier alpha value is -7.33. The average molecular weight is 1010 g/mol. The topological polar surface area (TPSA) is 64.1 Å². The molecule has 0 aliphatic carbocycles. The average Bonchev–Trinajstić information content (AvgIpc) is 3.89. The fourth-order valence-corrected chi connectivity index (χ4v) is 8.74. The summed E-state index contributed by atoms with van der Waals surface area (Å²) in [5.41, 5.74) is 15.9. The molecule has 5 nitrogen and oxygen atoms in total. The van der Waals surface area contributed by atoms with Crippen LogP contribution in [0.25, 0.3) is 106 Å². The molecule has 3 heterocycles. The van der Waals surface area contributed by atoms with Gasteiger partial charge in [-0.15, -0.1) is 29.3 Å². The number of pyridine rings is 1. The summed E-state index contributed by atoms with van der Waals surface area (Å²) in [7, 11) is 0. The Morgan fingerprint density at radius 2 is 1.17 bits per heavy atom. The fourth-order valence-electron chi connectivity index (χ4n) is 8.74. The maximum absolute atomic E-state index is 12.0. The van der Waals surface area contributed by atoms with Crippen molar-refractivity contribution in [3.63, 3.8) is 0 Å². The van der Waals surface area contributed by atoms with Crippen molar-refractivity contribution >= 4 is 33.0 Å². The van der Waals surface area contributed by atoms with E-state index in [0.29, 0.717) is 17.0 Å². The normalized spacial score (nSPS) is 11.6. The number of para-hydroxylation sites is 3. The van der Waals surface area contributed by atoms with E-state index in [0.717, 1.165) is 83.3 Å². The minimum atomic E-state index is -0.176. The van der Waals surface area contributed by atoms with E-state index in [4.69, 9.17) is 14.4 Å². The molecule has 0 saturated heterocycles. The van der Waals surface area contributed by atoms with Gasteiger partial charge >= 0.3 is 0 Å². The smallest absolute Gasteiger partial charge is 0.148 e. The number of hydrogen-bond acceptors (Lipinski definition) is 4. The molecule has 0 amide bonds. The van der Waals surface area contributed by atoms with E-state index in [1.54, 1.807) is 6.07 Å². The zero-order valence-corrected chi connectivity index (χ0v) is 37.8. The van der Waals surface area contributed by atoms with Gasteiger partial charge in [0.05, 0.1) is 22.3 Å². The summed E-state index contributed by atoms with van der Waals surface area (Å²) in [6.45, 7) is 6.71. The van der Waals surface area contributed by atoms with Gasteiger partial charge < -0.3 is 9.52 Å². The van der Waals surface area contributed by atoms with E-state index in [-0.39, 0.29) is 32.2 Å². The zero-order chi connectivity index (χ0) is 42.7. The zero-order valence-electron chi connectivity index (χ0n) is 35.5. The van der Waals surface area contributed by atoms with Crippen LogP contribution in [0.4, 0.5) is 0 Å². The fraction of sp³-hybridized carbons (Fsp3) is 0.0690. The summed E-state index contributed by atoms with van der Waals surface area (Å²) >= 11 is 0. The van der Waals surface area contributed by atoms with Crippen LogP contribution in [0.5, 0.6) is 5.75 Å². The number of hydrogen-bond donors (Lipinski definition) is 1. The largest absolute Gasteiger partial charge is 0.507 e. The van der Waals surface area contributed by atoms with Crippen LogP contribution in [0.15, 0.2) is 199 Å². The van der Waals surface area contributed by atoms with Gasteiger partial charge in [-0.2, -0.15) is 0 Å². The Bertz CT molecular complexity index is 3490. The molecule has 3 aromatic heterocycles. The Kier molecular flexibility index (Phi) is 10.4. The molecule has 0 bridgehead atoms. The predicted molar refractivity (Wildman–Crippen MR) is 258 cm³/mol. The molecule has 64 heavy (non-hydrogen) atoms. The standard InChI is InChI=1S/C58H42N3O2.Pt/c1-58(2,3)44-32-42(31-43(33-44)50-34-41(29-30-59-50)39-27-25-38(26-28-39)37-15-6-4-7-16-37)46-21-14-23-52-56(46)60-57(61(52)51-22-12-10-19-45(51)40-17-8-5-9-18-40)49-36-55-48(35-53(49)62)47-20-11-13-24-54(47)63-55;/h4-30,32-36,62H,1-3H3;/q-1;. The van der Waals surface area contributed by atoms with Gasteiger partial charge in [0, 0.05) is 49.3 Å². The molecule has 11 aromatic rings. The van der Waals surface area contributed by atoms with Gasteiger partial charge in [-0.1, -0.05) is 171 Å². The number of aromatic nitrogens is 3. The van der Waals surface area contributed by atoms with Gasteiger partial charge in [-0.3, -0.25) is 9.55 Å². The minimum absolute atomic E-state index is 0. The van der Waals surface area contributed by atoms with Crippen molar-refractivity contribution in [3.8, 4) is 78.6 Å². The van der Waals surface area contributed by atoms with Gasteiger partial charge in [0.25, 0.3) is 0 Å². The van der Waals surface area contributed by atoms with Crippen LogP contribution >= 0.6 is 0 Å². The van der Waals surface area contributed by atoms with E-state index in [1.165, 1.54) is 11.1 Å². The van der Waals surface area contributed by atoms with Gasteiger partial charge in [0.15, 0.2) is 0 Å². The van der Waals surface area contributed by atoms with Crippen molar-refractivity contribution < 1.29 is 30.6 Å². The molecule has 0 atom stereocenters. The molecular formula is C58H42N3O2Pt-. The molecule has 6 heteroatoms. The SMILES string of the molecule is CC(C)(C)c1cc(-c2cc(-c3ccc(-c4ccccc4)cc3)ccn2)[c-]c(-c2cccc3c2nc(-c2cc4oc5ccccc5c4cc2O)n3-c2ccccc2-c2ccccc2)c1.[Pt]. The first-order chi connectivity index (χ1) is 30.8. The molecule has 0 unspecified atom stereocenters. The van der Waals surface area contributed by atoms with Crippen LogP contribution in [0.3, 0.4) is 0 Å². The summed E-state index contributed by atoms with van der Waals surface area (Å²) in [6, 6.07) is 68.3. The van der Waals surface area contributed by atoms with Gasteiger partial charge in [-0.05, 0) is 69.6 Å². The van der Waals surface area contributed by atoms with Gasteiger partial charge in [-0.25, -0.2) is 4.98 Å². The van der Waals surface area contributed by atoms with Crippen LogP contribution in [0, 0.1) is 6.07 Å². The molecular weight excluding hydrogens is 966 g/mol. The second-order valence-corrected chi connectivity index (χ2v) is 17.1. The summed E-state index contributed by atoms with van der Waals surface area (Å²) in [4.78, 5) is 10.4. The van der Waals surface area contributed by atoms with Crippen molar-refractivity contribution in [2.45, 2.75) is 26.2 Å². The number of rotatable bonds is 7. The molecule has 0 aliphatic rings. The number of nitrogens with zero attached hydrogens (tertiary/aromatic N) is 3. The third-order valence-corrected chi connectivity index (χ3v) is 12.0. The van der Waals surface area contributed by atoms with Crippen molar-refractivity contribution in [2.75, 3.05) is 0 Å². The van der Waals surface area contributed by atoms with Crippen molar-refractivity contribution in [2.24, 2.45) is 0 Å². The van der Waals surface area contributed by atoms with Crippen LogP contribution < -0.4 is 0 Å². The molecule has 312 valence electrons. The maximum Gasteiger partial charge on any atom is 0.148 e. The molecule has 0 fully saturated rings. The monoisotopic (exact) mass is 1010 g/mol. The summed E-state index contributed by atoms with van der Waals surface area (Å²) in [6.07, 6.45) is 1.89. The van der Waals surface area contributed by atoms with E-state index in [9.17, 15) is 5.11 Å². The molecule has 0 spiro atoms. The minimum Gasteiger partial charge on any atom is -0.507 e. The number of fused-ring (bicyclic) bond motifs is 4. The van der Waals surface area contributed by atoms with Crippen molar-refractivity contribution in [3.05, 3.63) is 206 Å². The van der Waals surface area contributed by atoms with Crippen LogP contribution in [0.1, 0.15) is 26.3 Å². The second kappa shape index (κ2) is 16.4. The number of aromatic hydroxyl groups is 1. The first-order valence-corrected chi connectivity index (χ1v) is 21.3. The third-order valence-electron chi connectivity index (χ3n) is 12.0. The van der Waals surface area contributed by atoms with Crippen molar-refractivity contribution in [1.82, 2.24) is 14.5 Å². The Balaban J connectivity index is 0.00000484. The van der Waals surface area contributed by atoms with E-state index in [2.05, 4.69) is 171 Å². The third kappa shape index (κ3) is 7.32. The van der Waals surface area contributed by atoms with Crippen molar-refractivity contribution in [1.29, 1.82) is 0 Å². The quantitative estimate of drug-likeness (QED) is 0.162. The van der Waals surface area contributed by atoms with Gasteiger partial charge in [0.2, 0.25) is 0 Å². The summed E-state index contributed by atoms with van der Waals surface area (Å²) in [5, 5.41) is 13.8. The van der Waals surface area contributed by atoms with Crippen LogP contribution in [-0.2, 0) is 26.5 Å². The Labute approximate surface area is 386 Å². The second-order valence-electron chi connectivity index (χ2n) is 17.1. The first kappa shape index (κ1) is 40.7. The number of phenols is 1. The molecule has 0 saturated carbocycles. The number of benzene rings is 8. The van der Waals surface area contributed by atoms with Crippen LogP contribution in [-0.4, -0.2) is 19.6 Å².